The van der Waals surface area contributed by atoms with Gasteiger partial charge in [0.05, 0.1) is 11.3 Å². The summed E-state index contributed by atoms with van der Waals surface area (Å²) in [5.41, 5.74) is 7.01. The quantitative estimate of drug-likeness (QED) is 0.819. The number of ether oxygens (including phenoxy) is 1. The molecule has 0 unspecified atom stereocenters. The van der Waals surface area contributed by atoms with Gasteiger partial charge in [-0.1, -0.05) is 6.07 Å². The molecule has 0 aliphatic carbocycles. The van der Waals surface area contributed by atoms with Crippen LogP contribution >= 0.6 is 0 Å². The molecule has 0 radical (unpaired) electrons. The molecule has 0 saturated heterocycles. The van der Waals surface area contributed by atoms with Crippen molar-refractivity contribution < 1.29 is 14.6 Å². The van der Waals surface area contributed by atoms with Gasteiger partial charge in [-0.3, -0.25) is 0 Å². The fourth-order valence-corrected chi connectivity index (χ4v) is 1.60. The SMILES string of the molecule is N#Cc1ncccc1COc1cc(C(=O)O)ccc1N. The van der Waals surface area contributed by atoms with E-state index in [-0.39, 0.29) is 23.6 Å². The Balaban J connectivity index is 2.21. The zero-order chi connectivity index (χ0) is 14.5. The number of hydrogen-bond donors (Lipinski definition) is 2. The first-order valence-corrected chi connectivity index (χ1v) is 5.71. The molecule has 0 aliphatic heterocycles. The summed E-state index contributed by atoms with van der Waals surface area (Å²) in [5, 5.41) is 17.8. The van der Waals surface area contributed by atoms with E-state index in [1.54, 1.807) is 12.1 Å². The van der Waals surface area contributed by atoms with Crippen molar-refractivity contribution in [2.45, 2.75) is 6.61 Å². The lowest BCUT2D eigenvalue weighted by Gasteiger charge is -2.10. The number of hydrogen-bond acceptors (Lipinski definition) is 5. The second-order valence-corrected chi connectivity index (χ2v) is 3.97. The Hall–Kier alpha value is -3.07. The summed E-state index contributed by atoms with van der Waals surface area (Å²) in [6.45, 7) is 0.0873. The number of nitriles is 1. The predicted molar refractivity (Wildman–Crippen MR) is 71.1 cm³/mol. The Labute approximate surface area is 115 Å². The maximum Gasteiger partial charge on any atom is 0.335 e. The second kappa shape index (κ2) is 5.71. The number of carboxylic acid groups (broad SMARTS) is 1. The third kappa shape index (κ3) is 2.84. The number of aromatic nitrogens is 1. The van der Waals surface area contributed by atoms with Gasteiger partial charge in [-0.05, 0) is 24.3 Å². The van der Waals surface area contributed by atoms with Crippen molar-refractivity contribution in [2.24, 2.45) is 0 Å². The molecule has 0 saturated carbocycles. The number of benzene rings is 1. The van der Waals surface area contributed by atoms with Gasteiger partial charge in [0.1, 0.15) is 24.1 Å². The van der Waals surface area contributed by atoms with Gasteiger partial charge >= 0.3 is 5.97 Å². The number of anilines is 1. The minimum Gasteiger partial charge on any atom is -0.487 e. The van der Waals surface area contributed by atoms with E-state index in [0.29, 0.717) is 11.3 Å². The molecular weight excluding hydrogens is 258 g/mol. The summed E-state index contributed by atoms with van der Waals surface area (Å²) < 4.78 is 5.48. The molecule has 0 aliphatic rings. The van der Waals surface area contributed by atoms with E-state index in [1.807, 2.05) is 6.07 Å². The minimum absolute atomic E-state index is 0.0842. The largest absolute Gasteiger partial charge is 0.487 e. The Morgan fingerprint density at radius 3 is 2.95 bits per heavy atom. The van der Waals surface area contributed by atoms with Crippen LogP contribution in [0, 0.1) is 11.3 Å². The first-order chi connectivity index (χ1) is 9.61. The fourth-order valence-electron chi connectivity index (χ4n) is 1.60. The minimum atomic E-state index is -1.06. The van der Waals surface area contributed by atoms with Gasteiger partial charge < -0.3 is 15.6 Å². The van der Waals surface area contributed by atoms with E-state index < -0.39 is 5.97 Å². The molecule has 0 amide bonds. The Kier molecular flexibility index (Phi) is 3.82. The van der Waals surface area contributed by atoms with E-state index in [4.69, 9.17) is 20.8 Å². The molecule has 1 aromatic heterocycles. The zero-order valence-electron chi connectivity index (χ0n) is 10.4. The summed E-state index contributed by atoms with van der Waals surface area (Å²) >= 11 is 0. The summed E-state index contributed by atoms with van der Waals surface area (Å²) in [5.74, 6) is -0.799. The van der Waals surface area contributed by atoms with Crippen molar-refractivity contribution in [1.29, 1.82) is 5.26 Å². The van der Waals surface area contributed by atoms with Crippen LogP contribution < -0.4 is 10.5 Å². The summed E-state index contributed by atoms with van der Waals surface area (Å²) in [6, 6.07) is 9.57. The van der Waals surface area contributed by atoms with Crippen LogP contribution in [0.1, 0.15) is 21.6 Å². The van der Waals surface area contributed by atoms with E-state index in [9.17, 15) is 4.79 Å². The molecule has 0 bridgehead atoms. The average Bonchev–Trinajstić information content (AvgIpc) is 2.46. The summed E-state index contributed by atoms with van der Waals surface area (Å²) in [7, 11) is 0. The highest BCUT2D eigenvalue weighted by Crippen LogP contribution is 2.24. The second-order valence-electron chi connectivity index (χ2n) is 3.97. The third-order valence-corrected chi connectivity index (χ3v) is 2.64. The molecule has 2 rings (SSSR count). The zero-order valence-corrected chi connectivity index (χ0v) is 10.4. The highest BCUT2D eigenvalue weighted by atomic mass is 16.5. The van der Waals surface area contributed by atoms with Gasteiger partial charge in [-0.15, -0.1) is 0 Å². The Morgan fingerprint density at radius 2 is 2.25 bits per heavy atom. The number of rotatable bonds is 4. The molecule has 20 heavy (non-hydrogen) atoms. The molecule has 1 aromatic carbocycles. The Morgan fingerprint density at radius 1 is 1.45 bits per heavy atom. The third-order valence-electron chi connectivity index (χ3n) is 2.64. The smallest absolute Gasteiger partial charge is 0.335 e. The number of aromatic carboxylic acids is 1. The van der Waals surface area contributed by atoms with Crippen LogP contribution in [0.5, 0.6) is 5.75 Å². The van der Waals surface area contributed by atoms with Crippen molar-refractivity contribution in [2.75, 3.05) is 5.73 Å². The molecule has 0 atom stereocenters. The van der Waals surface area contributed by atoms with E-state index in [2.05, 4.69) is 4.98 Å². The Bertz CT molecular complexity index is 692. The average molecular weight is 269 g/mol. The molecule has 2 aromatic rings. The van der Waals surface area contributed by atoms with Crippen LogP contribution in [0.25, 0.3) is 0 Å². The van der Waals surface area contributed by atoms with Gasteiger partial charge in [-0.25, -0.2) is 9.78 Å². The number of nitrogens with two attached hydrogens (primary N) is 1. The van der Waals surface area contributed by atoms with Crippen LogP contribution in [0.15, 0.2) is 36.5 Å². The fraction of sp³-hybridized carbons (Fsp3) is 0.0714. The lowest BCUT2D eigenvalue weighted by Crippen LogP contribution is -2.04. The number of pyridine rings is 1. The van der Waals surface area contributed by atoms with Crippen LogP contribution in [-0.4, -0.2) is 16.1 Å². The number of nitrogens with zero attached hydrogens (tertiary/aromatic N) is 2. The predicted octanol–water partition coefficient (Wildman–Crippen LogP) is 1.81. The molecule has 100 valence electrons. The lowest BCUT2D eigenvalue weighted by molar-refractivity contribution is 0.0696. The summed E-state index contributed by atoms with van der Waals surface area (Å²) in [4.78, 5) is 14.8. The van der Waals surface area contributed by atoms with Crippen LogP contribution in [-0.2, 0) is 6.61 Å². The van der Waals surface area contributed by atoms with E-state index in [0.717, 1.165) is 0 Å². The highest BCUT2D eigenvalue weighted by Gasteiger charge is 2.09. The van der Waals surface area contributed by atoms with Gasteiger partial charge in [0.2, 0.25) is 0 Å². The van der Waals surface area contributed by atoms with Crippen LogP contribution in [0.3, 0.4) is 0 Å². The number of nitrogen functional groups attached to an aromatic ring is 1. The molecule has 0 spiro atoms. The normalized spacial score (nSPS) is 9.75. The standard InChI is InChI=1S/C14H11N3O3/c15-7-12-10(2-1-5-17-12)8-20-13-6-9(14(18)19)3-4-11(13)16/h1-6H,8,16H2,(H,18,19). The number of carbonyl (C=O) groups is 1. The van der Waals surface area contributed by atoms with Crippen molar-refractivity contribution in [1.82, 2.24) is 4.98 Å². The monoisotopic (exact) mass is 269 g/mol. The molecule has 0 fully saturated rings. The van der Waals surface area contributed by atoms with E-state index in [1.165, 1.54) is 24.4 Å². The molecule has 3 N–H and O–H groups in total. The van der Waals surface area contributed by atoms with Crippen LogP contribution in [0.2, 0.25) is 0 Å². The maximum absolute atomic E-state index is 10.9. The van der Waals surface area contributed by atoms with Gasteiger partial charge in [-0.2, -0.15) is 5.26 Å². The van der Waals surface area contributed by atoms with Gasteiger partial charge in [0.15, 0.2) is 0 Å². The molecule has 1 heterocycles. The van der Waals surface area contributed by atoms with Crippen molar-refractivity contribution in [3.63, 3.8) is 0 Å². The summed E-state index contributed by atoms with van der Waals surface area (Å²) in [6.07, 6.45) is 1.52. The first-order valence-electron chi connectivity index (χ1n) is 5.71. The van der Waals surface area contributed by atoms with Gasteiger partial charge in [0, 0.05) is 11.8 Å². The van der Waals surface area contributed by atoms with Crippen molar-refractivity contribution in [3.05, 3.63) is 53.3 Å². The van der Waals surface area contributed by atoms with Gasteiger partial charge in [0.25, 0.3) is 0 Å². The maximum atomic E-state index is 10.9. The molecule has 6 nitrogen and oxygen atoms in total. The highest BCUT2D eigenvalue weighted by molar-refractivity contribution is 5.89. The molecule has 6 heteroatoms. The lowest BCUT2D eigenvalue weighted by atomic mass is 10.2. The van der Waals surface area contributed by atoms with Crippen molar-refractivity contribution >= 4 is 11.7 Å². The first kappa shape index (κ1) is 13.4. The van der Waals surface area contributed by atoms with E-state index >= 15 is 0 Å². The molecular formula is C14H11N3O3. The topological polar surface area (TPSA) is 109 Å². The van der Waals surface area contributed by atoms with Crippen molar-refractivity contribution in [3.8, 4) is 11.8 Å². The van der Waals surface area contributed by atoms with Crippen LogP contribution in [0.4, 0.5) is 5.69 Å². The number of carboxylic acids is 1.